The number of anilines is 1. The van der Waals surface area contributed by atoms with E-state index in [9.17, 15) is 10.1 Å². The largest absolute Gasteiger partial charge is 0.483 e. The van der Waals surface area contributed by atoms with Crippen molar-refractivity contribution in [1.82, 2.24) is 14.8 Å². The van der Waals surface area contributed by atoms with Crippen LogP contribution in [0.1, 0.15) is 53.3 Å². The van der Waals surface area contributed by atoms with Gasteiger partial charge in [0.25, 0.3) is 0 Å². The molecule has 0 saturated carbocycles. The molecular weight excluding hydrogens is 466 g/mol. The van der Waals surface area contributed by atoms with Gasteiger partial charge in [0.05, 0.1) is 11.3 Å². The zero-order chi connectivity index (χ0) is 24.1. The third-order valence-corrected chi connectivity index (χ3v) is 7.77. The lowest BCUT2D eigenvalue weighted by Crippen LogP contribution is -2.15. The van der Waals surface area contributed by atoms with Gasteiger partial charge in [-0.15, -0.1) is 28.1 Å². The number of thiophene rings is 1. The lowest BCUT2D eigenvalue weighted by Gasteiger charge is -2.16. The van der Waals surface area contributed by atoms with E-state index < -0.39 is 0 Å². The summed E-state index contributed by atoms with van der Waals surface area (Å²) in [5.41, 5.74) is 2.85. The van der Waals surface area contributed by atoms with E-state index in [0.717, 1.165) is 42.6 Å². The molecule has 9 heteroatoms. The number of fused-ring (bicyclic) bond motifs is 1. The van der Waals surface area contributed by atoms with Gasteiger partial charge in [0.2, 0.25) is 5.91 Å². The maximum Gasteiger partial charge on any atom is 0.235 e. The van der Waals surface area contributed by atoms with Gasteiger partial charge in [-0.25, -0.2) is 0 Å². The van der Waals surface area contributed by atoms with Crippen molar-refractivity contribution in [3.8, 4) is 11.8 Å². The fourth-order valence-electron chi connectivity index (χ4n) is 4.02. The van der Waals surface area contributed by atoms with Crippen molar-refractivity contribution in [2.45, 2.75) is 57.3 Å². The number of nitrogens with one attached hydrogen (secondary N) is 1. The minimum Gasteiger partial charge on any atom is -0.483 e. The van der Waals surface area contributed by atoms with E-state index in [-0.39, 0.29) is 17.8 Å². The van der Waals surface area contributed by atoms with Crippen LogP contribution >= 0.6 is 23.1 Å². The van der Waals surface area contributed by atoms with Gasteiger partial charge >= 0.3 is 0 Å². The standard InChI is InChI=1S/C25H27N5O2S2/c1-4-12-30-23(17(3)32-18-9-7-8-16(2)13-18)28-29-25(30)33-15-22(31)27-24-20(14-26)19-10-5-6-11-21(19)34-24/h4,7-9,13,17H,1,5-6,10-12,15H2,2-3H3,(H,27,31). The number of nitrogens with zero attached hydrogens (tertiary/aromatic N) is 4. The summed E-state index contributed by atoms with van der Waals surface area (Å²) >= 11 is 2.84. The molecule has 0 aliphatic heterocycles. The first-order valence-corrected chi connectivity index (χ1v) is 13.0. The summed E-state index contributed by atoms with van der Waals surface area (Å²) in [7, 11) is 0. The molecule has 0 spiro atoms. The van der Waals surface area contributed by atoms with E-state index in [2.05, 4.69) is 28.2 Å². The maximum absolute atomic E-state index is 12.7. The normalized spacial score (nSPS) is 13.6. The highest BCUT2D eigenvalue weighted by atomic mass is 32.2. The van der Waals surface area contributed by atoms with Gasteiger partial charge in [0.1, 0.15) is 16.8 Å². The number of benzene rings is 1. The van der Waals surface area contributed by atoms with Crippen LogP contribution in [-0.4, -0.2) is 26.4 Å². The summed E-state index contributed by atoms with van der Waals surface area (Å²) in [6.45, 7) is 8.29. The minimum absolute atomic E-state index is 0.163. The van der Waals surface area contributed by atoms with Crippen molar-refractivity contribution in [2.75, 3.05) is 11.1 Å². The Labute approximate surface area is 207 Å². The van der Waals surface area contributed by atoms with Crippen molar-refractivity contribution in [3.63, 3.8) is 0 Å². The Bertz CT molecular complexity index is 1240. The monoisotopic (exact) mass is 493 g/mol. The van der Waals surface area contributed by atoms with Gasteiger partial charge in [0.15, 0.2) is 17.1 Å². The lowest BCUT2D eigenvalue weighted by molar-refractivity contribution is -0.113. The Morgan fingerprint density at radius 3 is 3.00 bits per heavy atom. The Morgan fingerprint density at radius 1 is 1.41 bits per heavy atom. The number of ether oxygens (including phenoxy) is 1. The number of nitriles is 1. The molecule has 1 aliphatic rings. The number of thioether (sulfide) groups is 1. The van der Waals surface area contributed by atoms with E-state index in [4.69, 9.17) is 4.74 Å². The summed E-state index contributed by atoms with van der Waals surface area (Å²) in [4.78, 5) is 13.9. The van der Waals surface area contributed by atoms with Crippen LogP contribution in [0.2, 0.25) is 0 Å². The molecule has 0 bridgehead atoms. The van der Waals surface area contributed by atoms with Crippen LogP contribution in [0, 0.1) is 18.3 Å². The van der Waals surface area contributed by atoms with Crippen molar-refractivity contribution < 1.29 is 9.53 Å². The van der Waals surface area contributed by atoms with Gasteiger partial charge in [0, 0.05) is 11.4 Å². The SMILES string of the molecule is C=CCn1c(SCC(=O)Nc2sc3c(c2C#N)CCCC3)nnc1C(C)Oc1cccc(C)c1. The Balaban J connectivity index is 1.43. The highest BCUT2D eigenvalue weighted by molar-refractivity contribution is 7.99. The number of hydrogen-bond acceptors (Lipinski definition) is 7. The number of hydrogen-bond donors (Lipinski definition) is 1. The van der Waals surface area contributed by atoms with Crippen LogP contribution < -0.4 is 10.1 Å². The quantitative estimate of drug-likeness (QED) is 0.314. The van der Waals surface area contributed by atoms with Crippen LogP contribution in [0.15, 0.2) is 42.1 Å². The van der Waals surface area contributed by atoms with Crippen LogP contribution in [0.5, 0.6) is 5.75 Å². The smallest absolute Gasteiger partial charge is 0.235 e. The predicted octanol–water partition coefficient (Wildman–Crippen LogP) is 5.46. The summed E-state index contributed by atoms with van der Waals surface area (Å²) in [5, 5.41) is 22.5. The topological polar surface area (TPSA) is 92.8 Å². The minimum atomic E-state index is -0.326. The number of amides is 1. The van der Waals surface area contributed by atoms with Crippen LogP contribution in [0.25, 0.3) is 0 Å². The van der Waals surface area contributed by atoms with Crippen molar-refractivity contribution >= 4 is 34.0 Å². The number of carbonyl (C=O) groups excluding carboxylic acids is 1. The van der Waals surface area contributed by atoms with Gasteiger partial charge < -0.3 is 10.1 Å². The molecule has 1 unspecified atom stereocenters. The average Bonchev–Trinajstić information content (AvgIpc) is 3.38. The van der Waals surface area contributed by atoms with Crippen LogP contribution in [0.4, 0.5) is 5.00 Å². The molecule has 4 rings (SSSR count). The van der Waals surface area contributed by atoms with Gasteiger partial charge in [-0.3, -0.25) is 9.36 Å². The van der Waals surface area contributed by atoms with Gasteiger partial charge in [-0.05, 0) is 62.8 Å². The molecule has 1 aliphatic carbocycles. The molecule has 0 fully saturated rings. The highest BCUT2D eigenvalue weighted by Crippen LogP contribution is 2.37. The Kier molecular flexibility index (Phi) is 7.70. The predicted molar refractivity (Wildman–Crippen MR) is 135 cm³/mol. The number of allylic oxidation sites excluding steroid dienone is 1. The second-order valence-corrected chi connectivity index (χ2v) is 10.2. The number of rotatable bonds is 9. The average molecular weight is 494 g/mol. The van der Waals surface area contributed by atoms with E-state index in [1.165, 1.54) is 28.0 Å². The zero-order valence-electron chi connectivity index (χ0n) is 19.3. The molecule has 1 amide bonds. The van der Waals surface area contributed by atoms with E-state index in [0.29, 0.717) is 28.1 Å². The number of aromatic nitrogens is 3. The molecule has 3 aromatic rings. The van der Waals surface area contributed by atoms with Crippen molar-refractivity contribution in [1.29, 1.82) is 5.26 Å². The second kappa shape index (κ2) is 10.9. The third kappa shape index (κ3) is 5.34. The molecule has 2 heterocycles. The van der Waals surface area contributed by atoms with E-state index in [1.54, 1.807) is 6.08 Å². The first-order valence-electron chi connectivity index (χ1n) is 11.2. The van der Waals surface area contributed by atoms with Crippen LogP contribution in [-0.2, 0) is 24.2 Å². The first-order chi connectivity index (χ1) is 16.5. The number of carbonyl (C=O) groups is 1. The fraction of sp³-hybridized carbons (Fsp3) is 0.360. The van der Waals surface area contributed by atoms with Crippen molar-refractivity contribution in [2.24, 2.45) is 0 Å². The molecule has 1 atom stereocenters. The Morgan fingerprint density at radius 2 is 2.24 bits per heavy atom. The molecule has 1 N–H and O–H groups in total. The molecule has 1 aromatic carbocycles. The van der Waals surface area contributed by atoms with E-state index in [1.807, 2.05) is 42.7 Å². The molecule has 176 valence electrons. The summed E-state index contributed by atoms with van der Waals surface area (Å²) in [6, 6.07) is 10.1. The lowest BCUT2D eigenvalue weighted by atomic mass is 9.96. The fourth-order valence-corrected chi connectivity index (χ4v) is 6.03. The molecule has 0 saturated heterocycles. The van der Waals surface area contributed by atoms with Crippen LogP contribution in [0.3, 0.4) is 0 Å². The van der Waals surface area contributed by atoms with Gasteiger partial charge in [-0.2, -0.15) is 5.26 Å². The molecule has 2 aromatic heterocycles. The molecular formula is C25H27N5O2S2. The van der Waals surface area contributed by atoms with Gasteiger partial charge in [-0.1, -0.05) is 30.0 Å². The van der Waals surface area contributed by atoms with E-state index >= 15 is 0 Å². The molecule has 0 radical (unpaired) electrons. The number of aryl methyl sites for hydroxylation is 2. The zero-order valence-corrected chi connectivity index (χ0v) is 21.0. The molecule has 34 heavy (non-hydrogen) atoms. The summed E-state index contributed by atoms with van der Waals surface area (Å²) < 4.78 is 7.99. The molecule has 7 nitrogen and oxygen atoms in total. The summed E-state index contributed by atoms with van der Waals surface area (Å²) in [5.74, 6) is 1.43. The third-order valence-electron chi connectivity index (χ3n) is 5.59. The maximum atomic E-state index is 12.7. The second-order valence-electron chi connectivity index (χ2n) is 8.18. The van der Waals surface area contributed by atoms with Crippen molar-refractivity contribution in [3.05, 3.63) is 64.3 Å². The summed E-state index contributed by atoms with van der Waals surface area (Å²) in [6.07, 6.45) is 5.56. The Hall–Kier alpha value is -3.09. The highest BCUT2D eigenvalue weighted by Gasteiger charge is 2.23. The first kappa shape index (κ1) is 24.0.